The zero-order valence-electron chi connectivity index (χ0n) is 14.2. The number of alkyl halides is 3. The highest BCUT2D eigenvalue weighted by atomic mass is 35.5. The number of hydrogen-bond acceptors (Lipinski definition) is 4. The first-order valence-electron chi connectivity index (χ1n) is 7.84. The third kappa shape index (κ3) is 4.06. The van der Waals surface area contributed by atoms with Gasteiger partial charge in [0.2, 0.25) is 5.91 Å². The molecule has 2 aromatic heterocycles. The van der Waals surface area contributed by atoms with E-state index in [9.17, 15) is 28.1 Å². The van der Waals surface area contributed by atoms with E-state index in [2.05, 4.69) is 10.3 Å². The predicted molar refractivity (Wildman–Crippen MR) is 95.4 cm³/mol. The summed E-state index contributed by atoms with van der Waals surface area (Å²) < 4.78 is 39.7. The molecular formula is C17H12ClF3N4O3. The molecule has 0 unspecified atom stereocenters. The third-order valence-corrected chi connectivity index (χ3v) is 4.21. The molecule has 0 aliphatic heterocycles. The number of anilines is 1. The van der Waals surface area contributed by atoms with Crippen molar-refractivity contribution < 1.29 is 22.9 Å². The Hall–Kier alpha value is -3.14. The van der Waals surface area contributed by atoms with Gasteiger partial charge in [-0.25, -0.2) is 4.98 Å². The van der Waals surface area contributed by atoms with Gasteiger partial charge in [-0.2, -0.15) is 13.2 Å². The zero-order valence-corrected chi connectivity index (χ0v) is 15.0. The van der Waals surface area contributed by atoms with Crippen LogP contribution in [0.4, 0.5) is 24.5 Å². The number of aryl methyl sites for hydroxylation is 1. The Kier molecular flexibility index (Phi) is 4.99. The van der Waals surface area contributed by atoms with Gasteiger partial charge < -0.3 is 9.72 Å². The Bertz CT molecular complexity index is 1100. The van der Waals surface area contributed by atoms with Crippen LogP contribution in [0.3, 0.4) is 0 Å². The lowest BCUT2D eigenvalue weighted by Crippen LogP contribution is -2.15. The van der Waals surface area contributed by atoms with Gasteiger partial charge in [0.1, 0.15) is 0 Å². The van der Waals surface area contributed by atoms with Crippen LogP contribution in [0, 0.1) is 17.0 Å². The first-order chi connectivity index (χ1) is 13.0. The molecule has 0 saturated carbocycles. The number of nitrogens with zero attached hydrogens (tertiary/aromatic N) is 3. The van der Waals surface area contributed by atoms with Gasteiger partial charge in [0.25, 0.3) is 5.69 Å². The van der Waals surface area contributed by atoms with Crippen LogP contribution in [0.25, 0.3) is 5.65 Å². The minimum Gasteiger partial charge on any atom is -0.325 e. The van der Waals surface area contributed by atoms with E-state index in [4.69, 9.17) is 11.6 Å². The van der Waals surface area contributed by atoms with Crippen LogP contribution in [-0.2, 0) is 17.4 Å². The first-order valence-corrected chi connectivity index (χ1v) is 8.21. The summed E-state index contributed by atoms with van der Waals surface area (Å²) in [5, 5.41) is 13.2. The molecule has 3 aromatic rings. The number of non-ortho nitro benzene ring substituents is 1. The fourth-order valence-electron chi connectivity index (χ4n) is 2.56. The Morgan fingerprint density at radius 1 is 1.32 bits per heavy atom. The van der Waals surface area contributed by atoms with Crippen molar-refractivity contribution in [1.82, 2.24) is 9.38 Å². The lowest BCUT2D eigenvalue weighted by molar-refractivity contribution is -0.384. The maximum absolute atomic E-state index is 12.9. The number of halogens is 4. The molecule has 1 aromatic carbocycles. The number of benzene rings is 1. The van der Waals surface area contributed by atoms with Crippen molar-refractivity contribution >= 4 is 34.5 Å². The summed E-state index contributed by atoms with van der Waals surface area (Å²) in [5.41, 5.74) is 0.0451. The lowest BCUT2D eigenvalue weighted by Gasteiger charge is -2.07. The number of hydrogen-bond donors (Lipinski definition) is 1. The van der Waals surface area contributed by atoms with Crippen molar-refractivity contribution in [3.05, 3.63) is 68.6 Å². The summed E-state index contributed by atoms with van der Waals surface area (Å²) in [4.78, 5) is 26.6. The fraction of sp³-hybridized carbons (Fsp3) is 0.176. The molecule has 0 aliphatic carbocycles. The van der Waals surface area contributed by atoms with Crippen LogP contribution in [0.5, 0.6) is 0 Å². The average molecular weight is 413 g/mol. The predicted octanol–water partition coefficient (Wildman–Crippen LogP) is 4.40. The van der Waals surface area contributed by atoms with E-state index >= 15 is 0 Å². The number of nitro benzene ring substituents is 1. The summed E-state index contributed by atoms with van der Waals surface area (Å²) in [7, 11) is 0. The Labute approximate surface area is 160 Å². The summed E-state index contributed by atoms with van der Waals surface area (Å²) in [6, 6.07) is 4.80. The summed E-state index contributed by atoms with van der Waals surface area (Å²) in [5.74, 6) is -0.529. The largest absolute Gasteiger partial charge is 0.417 e. The number of carbonyl (C=O) groups is 1. The smallest absolute Gasteiger partial charge is 0.325 e. The van der Waals surface area contributed by atoms with Crippen molar-refractivity contribution in [3.63, 3.8) is 0 Å². The first kappa shape index (κ1) is 19.6. The van der Waals surface area contributed by atoms with Crippen molar-refractivity contribution in [2.75, 3.05) is 5.32 Å². The van der Waals surface area contributed by atoms with Gasteiger partial charge in [-0.1, -0.05) is 17.7 Å². The maximum atomic E-state index is 12.9. The van der Waals surface area contributed by atoms with Gasteiger partial charge in [0.15, 0.2) is 5.65 Å². The molecule has 28 heavy (non-hydrogen) atoms. The van der Waals surface area contributed by atoms with Crippen LogP contribution in [0.15, 0.2) is 36.7 Å². The molecule has 7 nitrogen and oxygen atoms in total. The number of pyridine rings is 1. The number of aromatic nitrogens is 2. The Balaban J connectivity index is 1.83. The summed E-state index contributed by atoms with van der Waals surface area (Å²) >= 11 is 5.87. The highest BCUT2D eigenvalue weighted by Gasteiger charge is 2.32. The zero-order chi connectivity index (χ0) is 20.6. The second-order valence-corrected chi connectivity index (χ2v) is 6.43. The molecule has 0 spiro atoms. The van der Waals surface area contributed by atoms with E-state index in [0.29, 0.717) is 5.56 Å². The van der Waals surface area contributed by atoms with Crippen LogP contribution in [-0.4, -0.2) is 20.2 Å². The van der Waals surface area contributed by atoms with E-state index in [1.807, 2.05) is 0 Å². The van der Waals surface area contributed by atoms with Crippen LogP contribution in [0.1, 0.15) is 16.8 Å². The van der Waals surface area contributed by atoms with E-state index in [1.54, 1.807) is 6.92 Å². The second-order valence-electron chi connectivity index (χ2n) is 6.02. The van der Waals surface area contributed by atoms with Crippen molar-refractivity contribution in [2.24, 2.45) is 0 Å². The molecule has 146 valence electrons. The number of imidazole rings is 1. The third-order valence-electron chi connectivity index (χ3n) is 3.93. The molecule has 0 fully saturated rings. The van der Waals surface area contributed by atoms with Crippen molar-refractivity contribution in [3.8, 4) is 0 Å². The fourth-order valence-corrected chi connectivity index (χ4v) is 2.82. The topological polar surface area (TPSA) is 89.5 Å². The SMILES string of the molecule is Cc1ccc([N+](=O)[O-])cc1NC(=O)Cc1cn2cc(C(F)(F)F)cc(Cl)c2n1. The Morgan fingerprint density at radius 2 is 2.04 bits per heavy atom. The molecule has 11 heteroatoms. The standard InChI is InChI=1S/C17H12ClF3N4O3/c1-9-2-3-12(25(27)28)6-14(9)23-15(26)5-11-8-24-7-10(17(19,20)21)4-13(18)16(24)22-11/h2-4,6-8H,5H2,1H3,(H,23,26). The van der Waals surface area contributed by atoms with Crippen molar-refractivity contribution in [2.45, 2.75) is 19.5 Å². The van der Waals surface area contributed by atoms with Gasteiger partial charge in [-0.05, 0) is 18.6 Å². The number of rotatable bonds is 4. The number of amides is 1. The van der Waals surface area contributed by atoms with E-state index in [1.165, 1.54) is 24.4 Å². The average Bonchev–Trinajstić information content (AvgIpc) is 2.98. The maximum Gasteiger partial charge on any atom is 0.417 e. The number of carbonyl (C=O) groups excluding carboxylic acids is 1. The van der Waals surface area contributed by atoms with Crippen molar-refractivity contribution in [1.29, 1.82) is 0 Å². The minimum atomic E-state index is -4.57. The molecule has 2 heterocycles. The molecule has 0 saturated heterocycles. The van der Waals surface area contributed by atoms with E-state index in [0.717, 1.165) is 16.7 Å². The quantitative estimate of drug-likeness (QED) is 0.508. The molecule has 3 rings (SSSR count). The van der Waals surface area contributed by atoms with Gasteiger partial charge in [-0.3, -0.25) is 14.9 Å². The van der Waals surface area contributed by atoms with Gasteiger partial charge in [-0.15, -0.1) is 0 Å². The number of fused-ring (bicyclic) bond motifs is 1. The summed E-state index contributed by atoms with van der Waals surface area (Å²) in [6.07, 6.45) is -2.71. The second kappa shape index (κ2) is 7.12. The lowest BCUT2D eigenvalue weighted by atomic mass is 10.1. The van der Waals surface area contributed by atoms with Gasteiger partial charge in [0, 0.05) is 24.5 Å². The molecule has 1 N–H and O–H groups in total. The Morgan fingerprint density at radius 3 is 2.68 bits per heavy atom. The minimum absolute atomic E-state index is 0.0870. The molecule has 0 bridgehead atoms. The molecular weight excluding hydrogens is 401 g/mol. The summed E-state index contributed by atoms with van der Waals surface area (Å²) in [6.45, 7) is 1.67. The molecule has 0 aliphatic rings. The number of nitro groups is 1. The molecule has 0 radical (unpaired) electrons. The number of nitrogens with one attached hydrogen (secondary N) is 1. The normalized spacial score (nSPS) is 11.6. The molecule has 1 amide bonds. The highest BCUT2D eigenvalue weighted by molar-refractivity contribution is 6.33. The molecule has 0 atom stereocenters. The van der Waals surface area contributed by atoms with Crippen LogP contribution >= 0.6 is 11.6 Å². The van der Waals surface area contributed by atoms with E-state index in [-0.39, 0.29) is 34.2 Å². The highest BCUT2D eigenvalue weighted by Crippen LogP contribution is 2.32. The van der Waals surface area contributed by atoms with Crippen LogP contribution < -0.4 is 5.32 Å². The van der Waals surface area contributed by atoms with Gasteiger partial charge in [0.05, 0.1) is 33.3 Å². The monoisotopic (exact) mass is 412 g/mol. The van der Waals surface area contributed by atoms with Crippen LogP contribution in [0.2, 0.25) is 5.02 Å². The van der Waals surface area contributed by atoms with E-state index < -0.39 is 22.6 Å². The van der Waals surface area contributed by atoms with Gasteiger partial charge >= 0.3 is 6.18 Å².